The normalized spacial score (nSPS) is 16.5. The van der Waals surface area contributed by atoms with E-state index in [0.29, 0.717) is 17.1 Å². The summed E-state index contributed by atoms with van der Waals surface area (Å²) in [5, 5.41) is 8.17. The predicted octanol–water partition coefficient (Wildman–Crippen LogP) is 5.54. The fourth-order valence-corrected chi connectivity index (χ4v) is 5.08. The molecular formula is C25H29ClN4O. The summed E-state index contributed by atoms with van der Waals surface area (Å²) in [4.78, 5) is 18.7. The number of likely N-dealkylation sites (tertiary alicyclic amines) is 1. The van der Waals surface area contributed by atoms with Crippen LogP contribution in [0.5, 0.6) is 0 Å². The van der Waals surface area contributed by atoms with Gasteiger partial charge in [-0.05, 0) is 62.2 Å². The van der Waals surface area contributed by atoms with Gasteiger partial charge in [-0.25, -0.2) is 0 Å². The third-order valence-electron chi connectivity index (χ3n) is 6.41. The van der Waals surface area contributed by atoms with Gasteiger partial charge in [0.05, 0.1) is 16.3 Å². The van der Waals surface area contributed by atoms with Crippen LogP contribution < -0.4 is 10.6 Å². The van der Waals surface area contributed by atoms with Gasteiger partial charge in [0.2, 0.25) is 0 Å². The molecule has 0 saturated carbocycles. The quantitative estimate of drug-likeness (QED) is 0.475. The Bertz CT molecular complexity index is 1130. The van der Waals surface area contributed by atoms with Gasteiger partial charge >= 0.3 is 0 Å². The van der Waals surface area contributed by atoms with Crippen LogP contribution in [0.25, 0.3) is 22.2 Å². The summed E-state index contributed by atoms with van der Waals surface area (Å²) in [6, 6.07) is 10.8. The molecule has 3 N–H and O–H groups in total. The second-order valence-electron chi connectivity index (χ2n) is 8.69. The monoisotopic (exact) mass is 436 g/mol. The lowest BCUT2D eigenvalue weighted by molar-refractivity contribution is 0.0966. The molecule has 5 rings (SSSR count). The van der Waals surface area contributed by atoms with Gasteiger partial charge in [-0.3, -0.25) is 9.69 Å². The van der Waals surface area contributed by atoms with Gasteiger partial charge in [0.25, 0.3) is 5.91 Å². The molecule has 1 saturated heterocycles. The Morgan fingerprint density at radius 2 is 1.97 bits per heavy atom. The third-order valence-corrected chi connectivity index (χ3v) is 6.84. The molecule has 1 aromatic heterocycles. The minimum Gasteiger partial charge on any atom is -0.384 e. The number of benzene rings is 2. The standard InChI is InChI=1S/C25H29ClN4O/c1-2-8-27-22-13-18(23-19(24(22)26)14-28-25(23)31)21-12-17-11-16(6-7-20(17)29-21)15-30-9-4-3-5-10-30/h6-7,11-13,27,29H,2-5,8-10,14-15H2,1H3,(H,28,31). The van der Waals surface area contributed by atoms with Crippen molar-refractivity contribution >= 4 is 34.1 Å². The van der Waals surface area contributed by atoms with E-state index < -0.39 is 0 Å². The molecule has 1 amide bonds. The molecule has 2 aromatic carbocycles. The number of nitrogens with zero attached hydrogens (tertiary/aromatic N) is 1. The molecule has 162 valence electrons. The molecule has 1 fully saturated rings. The summed E-state index contributed by atoms with van der Waals surface area (Å²) in [6.45, 7) is 6.82. The van der Waals surface area contributed by atoms with Crippen molar-refractivity contribution in [3.63, 3.8) is 0 Å². The number of hydrogen-bond acceptors (Lipinski definition) is 3. The second kappa shape index (κ2) is 8.56. The number of aromatic nitrogens is 1. The van der Waals surface area contributed by atoms with Crippen molar-refractivity contribution in [3.05, 3.63) is 52.0 Å². The zero-order valence-electron chi connectivity index (χ0n) is 18.0. The third kappa shape index (κ3) is 3.92. The molecule has 3 aromatic rings. The van der Waals surface area contributed by atoms with Gasteiger partial charge in [0, 0.05) is 47.4 Å². The zero-order chi connectivity index (χ0) is 21.4. The van der Waals surface area contributed by atoms with Gasteiger partial charge in [0.1, 0.15) is 0 Å². The number of aromatic amines is 1. The van der Waals surface area contributed by atoms with Crippen LogP contribution in [0, 0.1) is 0 Å². The van der Waals surface area contributed by atoms with Crippen LogP contribution in [0.2, 0.25) is 5.02 Å². The molecular weight excluding hydrogens is 408 g/mol. The van der Waals surface area contributed by atoms with Crippen molar-refractivity contribution in [2.75, 3.05) is 25.0 Å². The van der Waals surface area contributed by atoms with Crippen molar-refractivity contribution in [1.29, 1.82) is 0 Å². The maximum absolute atomic E-state index is 12.6. The summed E-state index contributed by atoms with van der Waals surface area (Å²) in [5.74, 6) is -0.0571. The van der Waals surface area contributed by atoms with E-state index in [0.717, 1.165) is 47.5 Å². The minimum atomic E-state index is -0.0571. The molecule has 31 heavy (non-hydrogen) atoms. The van der Waals surface area contributed by atoms with Crippen LogP contribution in [0.4, 0.5) is 5.69 Å². The summed E-state index contributed by atoms with van der Waals surface area (Å²) < 4.78 is 0. The highest BCUT2D eigenvalue weighted by Crippen LogP contribution is 2.39. The molecule has 2 aliphatic rings. The molecule has 5 nitrogen and oxygen atoms in total. The van der Waals surface area contributed by atoms with Crippen LogP contribution in [0.3, 0.4) is 0 Å². The first-order valence-corrected chi connectivity index (χ1v) is 11.7. The van der Waals surface area contributed by atoms with E-state index >= 15 is 0 Å². The fourth-order valence-electron chi connectivity index (χ4n) is 4.80. The SMILES string of the molecule is CCCNc1cc(-c2cc3cc(CN4CCCCC4)ccc3[nH]2)c2c(c1Cl)CNC2=O. The lowest BCUT2D eigenvalue weighted by Crippen LogP contribution is -2.28. The maximum atomic E-state index is 12.6. The number of halogens is 1. The molecule has 0 atom stereocenters. The number of piperidine rings is 1. The van der Waals surface area contributed by atoms with Crippen LogP contribution in [0.15, 0.2) is 30.3 Å². The number of carbonyl (C=O) groups is 1. The van der Waals surface area contributed by atoms with Gasteiger partial charge < -0.3 is 15.6 Å². The Morgan fingerprint density at radius 1 is 1.13 bits per heavy atom. The Morgan fingerprint density at radius 3 is 2.77 bits per heavy atom. The van der Waals surface area contributed by atoms with Crippen LogP contribution >= 0.6 is 11.6 Å². The lowest BCUT2D eigenvalue weighted by atomic mass is 9.99. The first kappa shape index (κ1) is 20.4. The summed E-state index contributed by atoms with van der Waals surface area (Å²) in [7, 11) is 0. The summed E-state index contributed by atoms with van der Waals surface area (Å²) in [5.41, 5.74) is 6.74. The first-order valence-electron chi connectivity index (χ1n) is 11.4. The molecule has 0 radical (unpaired) electrons. The average Bonchev–Trinajstić information content (AvgIpc) is 3.38. The number of rotatable bonds is 6. The van der Waals surface area contributed by atoms with E-state index in [1.54, 1.807) is 0 Å². The highest BCUT2D eigenvalue weighted by molar-refractivity contribution is 6.35. The van der Waals surface area contributed by atoms with E-state index in [9.17, 15) is 4.79 Å². The predicted molar refractivity (Wildman–Crippen MR) is 128 cm³/mol. The van der Waals surface area contributed by atoms with Gasteiger partial charge in [-0.1, -0.05) is 31.0 Å². The van der Waals surface area contributed by atoms with Gasteiger partial charge in [-0.2, -0.15) is 0 Å². The minimum absolute atomic E-state index is 0.0571. The van der Waals surface area contributed by atoms with Crippen LogP contribution in [0.1, 0.15) is 54.1 Å². The molecule has 0 spiro atoms. The number of H-pyrrole nitrogens is 1. The Labute approximate surface area is 188 Å². The van der Waals surface area contributed by atoms with Crippen molar-refractivity contribution in [2.24, 2.45) is 0 Å². The fraction of sp³-hybridized carbons (Fsp3) is 0.400. The smallest absolute Gasteiger partial charge is 0.252 e. The van der Waals surface area contributed by atoms with E-state index in [1.165, 1.54) is 43.3 Å². The van der Waals surface area contributed by atoms with Crippen LogP contribution in [-0.2, 0) is 13.1 Å². The van der Waals surface area contributed by atoms with Crippen molar-refractivity contribution in [3.8, 4) is 11.3 Å². The van der Waals surface area contributed by atoms with E-state index in [2.05, 4.69) is 51.7 Å². The van der Waals surface area contributed by atoms with Crippen LogP contribution in [-0.4, -0.2) is 35.4 Å². The molecule has 6 heteroatoms. The lowest BCUT2D eigenvalue weighted by Gasteiger charge is -2.26. The number of anilines is 1. The number of amides is 1. The van der Waals surface area contributed by atoms with E-state index in [-0.39, 0.29) is 5.91 Å². The van der Waals surface area contributed by atoms with Gasteiger partial charge in [0.15, 0.2) is 0 Å². The second-order valence-corrected chi connectivity index (χ2v) is 9.07. The molecule has 3 heterocycles. The Kier molecular flexibility index (Phi) is 5.63. The van der Waals surface area contributed by atoms with Crippen molar-refractivity contribution in [1.82, 2.24) is 15.2 Å². The highest BCUT2D eigenvalue weighted by Gasteiger charge is 2.28. The molecule has 0 unspecified atom stereocenters. The molecule has 2 aliphatic heterocycles. The Balaban J connectivity index is 1.52. The van der Waals surface area contributed by atoms with Gasteiger partial charge in [-0.15, -0.1) is 0 Å². The largest absolute Gasteiger partial charge is 0.384 e. The highest BCUT2D eigenvalue weighted by atomic mass is 35.5. The van der Waals surface area contributed by atoms with Crippen molar-refractivity contribution in [2.45, 2.75) is 45.7 Å². The number of fused-ring (bicyclic) bond motifs is 2. The first-order chi connectivity index (χ1) is 15.1. The average molecular weight is 437 g/mol. The number of hydrogen-bond donors (Lipinski definition) is 3. The number of nitrogens with one attached hydrogen (secondary N) is 3. The summed E-state index contributed by atoms with van der Waals surface area (Å²) >= 11 is 6.64. The van der Waals surface area contributed by atoms with Crippen molar-refractivity contribution < 1.29 is 4.79 Å². The topological polar surface area (TPSA) is 60.2 Å². The molecule has 0 aliphatic carbocycles. The molecule has 0 bridgehead atoms. The van der Waals surface area contributed by atoms with E-state index in [4.69, 9.17) is 11.6 Å². The Hall–Kier alpha value is -2.50. The van der Waals surface area contributed by atoms with E-state index in [1.807, 2.05) is 6.07 Å². The summed E-state index contributed by atoms with van der Waals surface area (Å²) in [6.07, 6.45) is 4.96. The maximum Gasteiger partial charge on any atom is 0.252 e. The zero-order valence-corrected chi connectivity index (χ0v) is 18.7. The number of carbonyl (C=O) groups excluding carboxylic acids is 1.